The van der Waals surface area contributed by atoms with E-state index in [0.717, 1.165) is 0 Å². The van der Waals surface area contributed by atoms with E-state index in [9.17, 15) is 0 Å². The van der Waals surface area contributed by atoms with Crippen LogP contribution in [0.25, 0.3) is 0 Å². The topological polar surface area (TPSA) is 0 Å². The average Bonchev–Trinajstić information content (AvgIpc) is 3.30. The van der Waals surface area contributed by atoms with Gasteiger partial charge in [0.25, 0.3) is 0 Å². The molecule has 2 rings (SSSR count). The van der Waals surface area contributed by atoms with Crippen molar-refractivity contribution in [1.82, 2.24) is 0 Å². The van der Waals surface area contributed by atoms with E-state index in [2.05, 4.69) is 128 Å². The summed E-state index contributed by atoms with van der Waals surface area (Å²) >= 11 is 0. The van der Waals surface area contributed by atoms with E-state index in [0.29, 0.717) is 20.6 Å². The molecule has 0 fully saturated rings. The molecule has 5 heteroatoms. The van der Waals surface area contributed by atoms with Crippen molar-refractivity contribution in [3.63, 3.8) is 0 Å². The maximum atomic E-state index is 2.75. The Morgan fingerprint density at radius 1 is 0.641 bits per heavy atom. The van der Waals surface area contributed by atoms with Crippen molar-refractivity contribution in [2.75, 3.05) is 0 Å². The summed E-state index contributed by atoms with van der Waals surface area (Å²) in [4.78, 5) is 0. The van der Waals surface area contributed by atoms with Crippen LogP contribution in [0.15, 0.2) is 36.4 Å². The summed E-state index contributed by atoms with van der Waals surface area (Å²) in [6.07, 6.45) is 2.59. The van der Waals surface area contributed by atoms with Crippen molar-refractivity contribution in [2.45, 2.75) is 155 Å². The number of rotatable bonds is 6. The zero-order valence-electron chi connectivity index (χ0n) is 29.1. The van der Waals surface area contributed by atoms with Gasteiger partial charge in [0, 0.05) is 8.07 Å². The van der Waals surface area contributed by atoms with Crippen LogP contribution in [0.4, 0.5) is 0 Å². The second-order valence-electron chi connectivity index (χ2n) is 17.3. The predicted octanol–water partition coefficient (Wildman–Crippen LogP) is 11.1. The van der Waals surface area contributed by atoms with Gasteiger partial charge < -0.3 is 0 Å². The van der Waals surface area contributed by atoms with Gasteiger partial charge >= 0.3 is 17.1 Å². The minimum atomic E-state index is -1.49. The molecule has 0 aliphatic heterocycles. The van der Waals surface area contributed by atoms with E-state index < -0.39 is 16.1 Å². The van der Waals surface area contributed by atoms with Crippen LogP contribution in [0.2, 0.25) is 39.3 Å². The molecule has 0 aliphatic rings. The molecule has 0 unspecified atom stereocenters. The van der Waals surface area contributed by atoms with Gasteiger partial charge in [-0.1, -0.05) is 136 Å². The SMILES string of the molecule is CC(C)(C)P(Cc1cc([Si](C)(C)C)[c-]([Si](C)(C)C)c1CP(C(C)(C)C)C(C)(C)C)C(C)(C)C.[Fe+2].c1cc[cH-]c1. The fraction of sp³-hybridized carbons (Fsp3) is 0.706. The summed E-state index contributed by atoms with van der Waals surface area (Å²) in [7, 11) is -3.23. The summed E-state index contributed by atoms with van der Waals surface area (Å²) in [5.74, 6) is 0. The van der Waals surface area contributed by atoms with Crippen LogP contribution in [-0.4, -0.2) is 36.8 Å². The molecule has 2 aromatic rings. The smallest absolute Gasteiger partial charge is 0.214 e. The first-order valence-corrected chi connectivity index (χ1v) is 24.8. The van der Waals surface area contributed by atoms with Crippen molar-refractivity contribution in [3.05, 3.63) is 47.5 Å². The van der Waals surface area contributed by atoms with Gasteiger partial charge in [0.15, 0.2) is 0 Å². The molecule has 0 saturated carbocycles. The second-order valence-corrected chi connectivity index (χ2v) is 35.0. The Balaban J connectivity index is 0.00000215. The molecule has 0 bridgehead atoms. The molecule has 0 heterocycles. The molecule has 39 heavy (non-hydrogen) atoms. The van der Waals surface area contributed by atoms with Gasteiger partial charge in [-0.15, -0.1) is 7.92 Å². The minimum absolute atomic E-state index is 0. The summed E-state index contributed by atoms with van der Waals surface area (Å²) in [5.41, 5.74) is 3.55. The zero-order chi connectivity index (χ0) is 30.1. The second kappa shape index (κ2) is 13.9. The van der Waals surface area contributed by atoms with Crippen molar-refractivity contribution >= 4 is 42.4 Å². The third kappa shape index (κ3) is 12.0. The molecule has 0 radical (unpaired) electrons. The van der Waals surface area contributed by atoms with Crippen LogP contribution in [-0.2, 0) is 29.4 Å². The van der Waals surface area contributed by atoms with E-state index in [1.165, 1.54) is 12.3 Å². The van der Waals surface area contributed by atoms with Gasteiger partial charge in [-0.05, 0) is 26.8 Å². The molecule has 226 valence electrons. The van der Waals surface area contributed by atoms with E-state index in [4.69, 9.17) is 0 Å². The van der Waals surface area contributed by atoms with Gasteiger partial charge in [-0.2, -0.15) is 39.7 Å². The first-order valence-electron chi connectivity index (χ1n) is 14.7. The van der Waals surface area contributed by atoms with Crippen molar-refractivity contribution in [2.24, 2.45) is 0 Å². The van der Waals surface area contributed by atoms with Crippen molar-refractivity contribution in [1.29, 1.82) is 0 Å². The van der Waals surface area contributed by atoms with E-state index in [1.807, 2.05) is 41.1 Å². The third-order valence-corrected chi connectivity index (χ3v) is 19.4. The first-order chi connectivity index (χ1) is 16.7. The maximum absolute atomic E-state index is 2.75. The van der Waals surface area contributed by atoms with Crippen molar-refractivity contribution in [3.8, 4) is 0 Å². The fourth-order valence-electron chi connectivity index (χ4n) is 6.04. The van der Waals surface area contributed by atoms with Gasteiger partial charge in [-0.25, -0.2) is 18.2 Å². The Bertz CT molecular complexity index is 932. The molecular formula is C34H64FeP2Si2. The van der Waals surface area contributed by atoms with Crippen LogP contribution in [0.1, 0.15) is 94.2 Å². The van der Waals surface area contributed by atoms with Crippen LogP contribution in [0.5, 0.6) is 0 Å². The summed E-state index contributed by atoms with van der Waals surface area (Å²) in [5, 5.41) is 5.09. The normalized spacial score (nSPS) is 13.8. The fourth-order valence-corrected chi connectivity index (χ4v) is 19.2. The van der Waals surface area contributed by atoms with Crippen molar-refractivity contribution < 1.29 is 17.1 Å². The maximum Gasteiger partial charge on any atom is 2.00 e. The van der Waals surface area contributed by atoms with Gasteiger partial charge in [0.2, 0.25) is 0 Å². The molecule has 0 saturated heterocycles. The van der Waals surface area contributed by atoms with Gasteiger partial charge in [0.05, 0.1) is 8.07 Å². The van der Waals surface area contributed by atoms with Gasteiger partial charge in [0.1, 0.15) is 0 Å². The molecule has 0 amide bonds. The number of hydrogen-bond donors (Lipinski definition) is 0. The molecule has 2 aromatic carbocycles. The van der Waals surface area contributed by atoms with E-state index >= 15 is 0 Å². The quantitative estimate of drug-likeness (QED) is 0.166. The van der Waals surface area contributed by atoms with Gasteiger partial charge in [-0.3, -0.25) is 0 Å². The number of hydrogen-bond acceptors (Lipinski definition) is 0. The summed E-state index contributed by atoms with van der Waals surface area (Å²) in [6, 6.07) is 12.8. The van der Waals surface area contributed by atoms with Crippen LogP contribution < -0.4 is 10.4 Å². The van der Waals surface area contributed by atoms with Crippen LogP contribution in [0.3, 0.4) is 0 Å². The third-order valence-electron chi connectivity index (χ3n) is 7.27. The Morgan fingerprint density at radius 3 is 1.26 bits per heavy atom. The monoisotopic (exact) mass is 646 g/mol. The zero-order valence-corrected chi connectivity index (χ0v) is 34.0. The average molecular weight is 647 g/mol. The predicted molar refractivity (Wildman–Crippen MR) is 190 cm³/mol. The minimum Gasteiger partial charge on any atom is -0.214 e. The summed E-state index contributed by atoms with van der Waals surface area (Å²) < 4.78 is 0. The largest absolute Gasteiger partial charge is 2.00 e. The van der Waals surface area contributed by atoms with Crippen LogP contribution in [0, 0.1) is 0 Å². The Labute approximate surface area is 261 Å². The van der Waals surface area contributed by atoms with Crippen LogP contribution >= 0.6 is 15.8 Å². The molecule has 0 N–H and O–H groups in total. The molecular weight excluding hydrogens is 582 g/mol. The Hall–Kier alpha value is 0.513. The standard InChI is InChI=1S/C29H59P2Si2.C5H5.Fe/c1-26(2,3)30(27(4,5)6)20-22-19-24(32(13,14)15)25(33(16,17)18)23(22)21-31(28(7,8)9)29(10,11)12;1-2-4-5-3-1;/h19H,20-21H2,1-18H3;1-5H;/q2*-1;+2. The molecule has 0 aromatic heterocycles. The van der Waals surface area contributed by atoms with E-state index in [-0.39, 0.29) is 32.9 Å². The Kier molecular flexibility index (Phi) is 14.1. The molecule has 0 atom stereocenters. The molecule has 0 nitrogen and oxygen atoms in total. The van der Waals surface area contributed by atoms with E-state index in [1.54, 1.807) is 10.8 Å². The Morgan fingerprint density at radius 2 is 1.00 bits per heavy atom. The summed E-state index contributed by atoms with van der Waals surface area (Å²) in [6.45, 7) is 45.5. The molecule has 0 spiro atoms. The first kappa shape index (κ1) is 39.5. The molecule has 0 aliphatic carbocycles.